The third-order valence-corrected chi connectivity index (χ3v) is 3.68. The molecule has 1 aromatic rings. The van der Waals surface area contributed by atoms with Crippen molar-refractivity contribution in [1.29, 1.82) is 0 Å². The van der Waals surface area contributed by atoms with Crippen LogP contribution in [0.5, 0.6) is 0 Å². The van der Waals surface area contributed by atoms with Crippen molar-refractivity contribution in [1.82, 2.24) is 5.32 Å². The zero-order valence-electron chi connectivity index (χ0n) is 14.0. The van der Waals surface area contributed by atoms with Crippen molar-refractivity contribution in [2.24, 2.45) is 0 Å². The number of amides is 2. The molecule has 24 heavy (non-hydrogen) atoms. The predicted octanol–water partition coefficient (Wildman–Crippen LogP) is 1.07. The molecule has 134 valence electrons. The first-order valence-corrected chi connectivity index (χ1v) is 7.78. The van der Waals surface area contributed by atoms with Gasteiger partial charge in [0.05, 0.1) is 12.1 Å². The molecule has 5 nitrogen and oxygen atoms in total. The van der Waals surface area contributed by atoms with Crippen LogP contribution >= 0.6 is 0 Å². The van der Waals surface area contributed by atoms with Gasteiger partial charge in [-0.05, 0) is 39.0 Å². The summed E-state index contributed by atoms with van der Waals surface area (Å²) in [6.45, 7) is 6.44. The number of likely N-dealkylation sites (N-methyl/N-ethyl adjacent to an activating group) is 2. The Kier molecular flexibility index (Phi) is 7.21. The summed E-state index contributed by atoms with van der Waals surface area (Å²) in [5, 5.41) is 5.14. The van der Waals surface area contributed by atoms with Crippen LogP contribution in [0.2, 0.25) is 0 Å². The van der Waals surface area contributed by atoms with Crippen LogP contribution in [-0.4, -0.2) is 37.5 Å². The van der Waals surface area contributed by atoms with Crippen LogP contribution in [0.25, 0.3) is 0 Å². The molecule has 1 unspecified atom stereocenters. The number of carbonyl (C=O) groups is 2. The molecule has 1 aromatic carbocycles. The van der Waals surface area contributed by atoms with Crippen molar-refractivity contribution in [3.8, 4) is 0 Å². The number of alkyl halides is 3. The molecule has 0 aliphatic rings. The Hall–Kier alpha value is -2.09. The maximum Gasteiger partial charge on any atom is 0.416 e. The average molecular weight is 346 g/mol. The molecule has 2 amide bonds. The average Bonchev–Trinajstić information content (AvgIpc) is 2.51. The minimum absolute atomic E-state index is 0.0788. The van der Waals surface area contributed by atoms with E-state index in [2.05, 4.69) is 10.6 Å². The van der Waals surface area contributed by atoms with E-state index in [4.69, 9.17) is 0 Å². The zero-order chi connectivity index (χ0) is 18.3. The van der Waals surface area contributed by atoms with Gasteiger partial charge in [0.25, 0.3) is 11.8 Å². The van der Waals surface area contributed by atoms with Gasteiger partial charge in [-0.1, -0.05) is 6.07 Å². The molecule has 0 aliphatic heterocycles. The first-order valence-electron chi connectivity index (χ1n) is 7.78. The normalized spacial score (nSPS) is 13.9. The summed E-state index contributed by atoms with van der Waals surface area (Å²) in [4.78, 5) is 24.7. The highest BCUT2D eigenvalue weighted by molar-refractivity contribution is 5.93. The van der Waals surface area contributed by atoms with Gasteiger partial charge in [-0.3, -0.25) is 9.59 Å². The lowest BCUT2D eigenvalue weighted by Crippen LogP contribution is -3.17. The van der Waals surface area contributed by atoms with Crippen LogP contribution in [-0.2, 0) is 15.8 Å². The molecule has 1 rings (SSSR count). The van der Waals surface area contributed by atoms with Gasteiger partial charge < -0.3 is 15.5 Å². The fraction of sp³-hybridized carbons (Fsp3) is 0.500. The van der Waals surface area contributed by atoms with Crippen molar-refractivity contribution in [2.45, 2.75) is 33.0 Å². The molecule has 8 heteroatoms. The molecule has 0 radical (unpaired) electrons. The topological polar surface area (TPSA) is 62.6 Å². The summed E-state index contributed by atoms with van der Waals surface area (Å²) < 4.78 is 38.1. The second-order valence-electron chi connectivity index (χ2n) is 5.43. The van der Waals surface area contributed by atoms with Crippen molar-refractivity contribution in [3.63, 3.8) is 0 Å². The zero-order valence-corrected chi connectivity index (χ0v) is 14.0. The summed E-state index contributed by atoms with van der Waals surface area (Å²) in [6, 6.07) is 3.89. The minimum atomic E-state index is -4.47. The SMILES string of the molecule is CCNC(=O)C[NH+](CC)[C@H](C)C(=O)Nc1cccc(C(F)(F)F)c1. The molecule has 0 saturated carbocycles. The van der Waals surface area contributed by atoms with Gasteiger partial charge >= 0.3 is 6.18 Å². The van der Waals surface area contributed by atoms with Crippen LogP contribution in [0.15, 0.2) is 24.3 Å². The Morgan fingerprint density at radius 2 is 1.92 bits per heavy atom. The molecule has 0 spiro atoms. The summed E-state index contributed by atoms with van der Waals surface area (Å²) >= 11 is 0. The number of carbonyl (C=O) groups excluding carboxylic acids is 2. The smallest absolute Gasteiger partial charge is 0.351 e. The van der Waals surface area contributed by atoms with Crippen LogP contribution in [0.3, 0.4) is 0 Å². The van der Waals surface area contributed by atoms with Gasteiger partial charge in [-0.2, -0.15) is 13.2 Å². The van der Waals surface area contributed by atoms with Crippen LogP contribution in [0.4, 0.5) is 18.9 Å². The molecule has 0 aromatic heterocycles. The largest absolute Gasteiger partial charge is 0.416 e. The van der Waals surface area contributed by atoms with E-state index in [-0.39, 0.29) is 18.1 Å². The van der Waals surface area contributed by atoms with Crippen LogP contribution < -0.4 is 15.5 Å². The molecular weight excluding hydrogens is 323 g/mol. The van der Waals surface area contributed by atoms with E-state index < -0.39 is 23.7 Å². The number of benzene rings is 1. The molecule has 0 fully saturated rings. The van der Waals surface area contributed by atoms with Crippen LogP contribution in [0.1, 0.15) is 26.3 Å². The monoisotopic (exact) mass is 346 g/mol. The maximum absolute atomic E-state index is 12.7. The second kappa shape index (κ2) is 8.68. The number of quaternary nitrogens is 1. The number of nitrogens with one attached hydrogen (secondary N) is 3. The van der Waals surface area contributed by atoms with E-state index in [1.54, 1.807) is 13.8 Å². The van der Waals surface area contributed by atoms with Gasteiger partial charge in [0, 0.05) is 12.2 Å². The van der Waals surface area contributed by atoms with Crippen LogP contribution in [0, 0.1) is 0 Å². The third kappa shape index (κ3) is 5.84. The van der Waals surface area contributed by atoms with E-state index >= 15 is 0 Å². The van der Waals surface area contributed by atoms with Crippen molar-refractivity contribution >= 4 is 17.5 Å². The molecule has 2 atom stereocenters. The Bertz CT molecular complexity index is 576. The fourth-order valence-corrected chi connectivity index (χ4v) is 2.26. The van der Waals surface area contributed by atoms with Gasteiger partial charge in [-0.25, -0.2) is 0 Å². The van der Waals surface area contributed by atoms with Gasteiger partial charge in [0.15, 0.2) is 12.6 Å². The second-order valence-corrected chi connectivity index (χ2v) is 5.43. The van der Waals surface area contributed by atoms with Gasteiger partial charge in [0.1, 0.15) is 0 Å². The van der Waals surface area contributed by atoms with Crippen molar-refractivity contribution in [2.75, 3.05) is 25.0 Å². The molecular formula is C16H23F3N3O2+. The lowest BCUT2D eigenvalue weighted by atomic mass is 10.2. The molecule has 3 N–H and O–H groups in total. The van der Waals surface area contributed by atoms with E-state index in [0.717, 1.165) is 17.0 Å². The van der Waals surface area contributed by atoms with Gasteiger partial charge in [-0.15, -0.1) is 0 Å². The first kappa shape index (κ1) is 20.0. The molecule has 0 heterocycles. The first-order chi connectivity index (χ1) is 11.2. The van der Waals surface area contributed by atoms with E-state index in [1.165, 1.54) is 12.1 Å². The number of rotatable bonds is 7. The van der Waals surface area contributed by atoms with E-state index in [0.29, 0.717) is 13.1 Å². The highest BCUT2D eigenvalue weighted by Gasteiger charge is 2.31. The highest BCUT2D eigenvalue weighted by atomic mass is 19.4. The Labute approximate surface area is 139 Å². The summed E-state index contributed by atoms with van der Waals surface area (Å²) in [6.07, 6.45) is -4.47. The summed E-state index contributed by atoms with van der Waals surface area (Å²) in [5.41, 5.74) is -0.745. The predicted molar refractivity (Wildman–Crippen MR) is 84.6 cm³/mol. The van der Waals surface area contributed by atoms with Gasteiger partial charge in [0.2, 0.25) is 0 Å². The van der Waals surface area contributed by atoms with Crippen molar-refractivity contribution < 1.29 is 27.7 Å². The number of hydrogen-bond donors (Lipinski definition) is 3. The Balaban J connectivity index is 2.77. The summed E-state index contributed by atoms with van der Waals surface area (Å²) in [7, 11) is 0. The number of halogens is 3. The lowest BCUT2D eigenvalue weighted by molar-refractivity contribution is -0.904. The third-order valence-electron chi connectivity index (χ3n) is 3.68. The number of anilines is 1. The van der Waals surface area contributed by atoms with Crippen molar-refractivity contribution in [3.05, 3.63) is 29.8 Å². The maximum atomic E-state index is 12.7. The summed E-state index contributed by atoms with van der Waals surface area (Å²) in [5.74, 6) is -0.608. The molecule has 0 bridgehead atoms. The number of hydrogen-bond acceptors (Lipinski definition) is 2. The minimum Gasteiger partial charge on any atom is -0.351 e. The molecule has 0 saturated heterocycles. The standard InChI is InChI=1S/C16H22F3N3O2/c1-4-20-14(23)10-22(5-2)11(3)15(24)21-13-8-6-7-12(9-13)16(17,18)19/h6-9,11H,4-5,10H2,1-3H3,(H,20,23)(H,21,24)/p+1/t11-/m1/s1. The Morgan fingerprint density at radius 1 is 1.25 bits per heavy atom. The lowest BCUT2D eigenvalue weighted by Gasteiger charge is -2.23. The fourth-order valence-electron chi connectivity index (χ4n) is 2.26. The highest BCUT2D eigenvalue weighted by Crippen LogP contribution is 2.30. The Morgan fingerprint density at radius 3 is 2.46 bits per heavy atom. The van der Waals surface area contributed by atoms with E-state index in [9.17, 15) is 22.8 Å². The quantitative estimate of drug-likeness (QED) is 0.692. The van der Waals surface area contributed by atoms with E-state index in [1.807, 2.05) is 6.92 Å². The molecule has 0 aliphatic carbocycles.